The number of quaternary nitrogens is 1. The van der Waals surface area contributed by atoms with Gasteiger partial charge in [0.15, 0.2) is 0 Å². The summed E-state index contributed by atoms with van der Waals surface area (Å²) in [4.78, 5) is 29.2. The molecule has 0 radical (unpaired) electrons. The van der Waals surface area contributed by atoms with Crippen molar-refractivity contribution in [2.45, 2.75) is 46.1 Å². The average Bonchev–Trinajstić information content (AvgIpc) is 3.00. The highest BCUT2D eigenvalue weighted by Gasteiger charge is 2.23. The van der Waals surface area contributed by atoms with Crippen LogP contribution in [0.5, 0.6) is 0 Å². The Bertz CT molecular complexity index is 770. The Balaban J connectivity index is 2.21. The average molecular weight is 378 g/mol. The van der Waals surface area contributed by atoms with Gasteiger partial charge >= 0.3 is 0 Å². The first-order valence-electron chi connectivity index (χ1n) is 9.08. The van der Waals surface area contributed by atoms with Crippen molar-refractivity contribution in [1.29, 1.82) is 0 Å². The number of carbonyl (C=O) groups excluding carboxylic acids is 2. The zero-order valence-corrected chi connectivity index (χ0v) is 16.8. The van der Waals surface area contributed by atoms with E-state index in [1.165, 1.54) is 5.56 Å². The first-order valence-corrected chi connectivity index (χ1v) is 9.90. The van der Waals surface area contributed by atoms with Gasteiger partial charge in [0, 0.05) is 12.3 Å². The molecule has 2 amide bonds. The van der Waals surface area contributed by atoms with Gasteiger partial charge in [-0.2, -0.15) is 0 Å². The second kappa shape index (κ2) is 9.09. The van der Waals surface area contributed by atoms with Gasteiger partial charge in [-0.15, -0.1) is 11.3 Å². The van der Waals surface area contributed by atoms with Crippen molar-refractivity contribution in [1.82, 2.24) is 15.6 Å². The number of carbonyl (C=O) groups is 2. The highest BCUT2D eigenvalue weighted by molar-refractivity contribution is 7.18. The topological polar surface area (TPSA) is 98.7 Å². The number of benzene rings is 1. The second-order valence-corrected chi connectivity index (χ2v) is 8.17. The molecule has 0 saturated heterocycles. The van der Waals surface area contributed by atoms with Gasteiger partial charge in [-0.1, -0.05) is 33.8 Å². The maximum Gasteiger partial charge on any atom is 0.243 e. The van der Waals surface area contributed by atoms with Crippen molar-refractivity contribution in [3.05, 3.63) is 28.8 Å². The van der Waals surface area contributed by atoms with E-state index in [0.717, 1.165) is 15.2 Å². The molecule has 0 aliphatic heterocycles. The minimum atomic E-state index is -0.624. The van der Waals surface area contributed by atoms with Gasteiger partial charge in [0.25, 0.3) is 0 Å². The van der Waals surface area contributed by atoms with Crippen molar-refractivity contribution >= 4 is 33.4 Å². The Kier molecular flexibility index (Phi) is 7.11. The lowest BCUT2D eigenvalue weighted by molar-refractivity contribution is -0.364. The van der Waals surface area contributed by atoms with E-state index in [2.05, 4.69) is 47.3 Å². The van der Waals surface area contributed by atoms with Gasteiger partial charge in [0.05, 0.1) is 28.3 Å². The van der Waals surface area contributed by atoms with Crippen LogP contribution in [0, 0.1) is 5.92 Å². The number of hydrogen-bond donors (Lipinski definition) is 3. The highest BCUT2D eigenvalue weighted by atomic mass is 32.1. The van der Waals surface area contributed by atoms with E-state index >= 15 is 0 Å². The number of nitrogens with one attached hydrogen (secondary N) is 2. The SMILES string of the molecule is CC(C)C(=O)N[C@@H](Cc1nc2ccc(C(C)C)cc2s1)C(=O)NCC[NH3+]. The molecule has 0 aliphatic carbocycles. The van der Waals surface area contributed by atoms with Crippen LogP contribution in [-0.4, -0.2) is 35.9 Å². The lowest BCUT2D eigenvalue weighted by atomic mass is 10.0. The van der Waals surface area contributed by atoms with Gasteiger partial charge in [-0.3, -0.25) is 9.59 Å². The predicted octanol–water partition coefficient (Wildman–Crippen LogP) is 1.46. The molecule has 0 aliphatic rings. The van der Waals surface area contributed by atoms with Crippen molar-refractivity contribution in [2.24, 2.45) is 5.92 Å². The highest BCUT2D eigenvalue weighted by Crippen LogP contribution is 2.27. The largest absolute Gasteiger partial charge is 0.356 e. The zero-order chi connectivity index (χ0) is 19.3. The molecule has 2 aromatic rings. The summed E-state index contributed by atoms with van der Waals surface area (Å²) in [5.41, 5.74) is 5.93. The Morgan fingerprint density at radius 2 is 1.92 bits per heavy atom. The Morgan fingerprint density at radius 1 is 1.19 bits per heavy atom. The standard InChI is InChI=1S/C19H28N4O2S/c1-11(2)13-5-6-14-16(9-13)26-17(22-14)10-15(19(25)21-8-7-20)23-18(24)12(3)4/h5-6,9,11-12,15H,7-8,10,20H2,1-4H3,(H,21,25)(H,23,24)/p+1/t15-/m0/s1. The molecule has 1 heterocycles. The molecule has 7 heteroatoms. The number of rotatable bonds is 8. The first-order chi connectivity index (χ1) is 12.3. The number of aromatic nitrogens is 1. The summed E-state index contributed by atoms with van der Waals surface area (Å²) in [6, 6.07) is 5.65. The summed E-state index contributed by atoms with van der Waals surface area (Å²) in [6.07, 6.45) is 0.387. The molecular weight excluding hydrogens is 348 g/mol. The van der Waals surface area contributed by atoms with Crippen molar-refractivity contribution in [2.75, 3.05) is 13.1 Å². The maximum atomic E-state index is 12.4. The van der Waals surface area contributed by atoms with Gasteiger partial charge < -0.3 is 16.4 Å². The molecule has 0 spiro atoms. The van der Waals surface area contributed by atoms with E-state index in [9.17, 15) is 9.59 Å². The van der Waals surface area contributed by atoms with Gasteiger partial charge in [-0.25, -0.2) is 4.98 Å². The fourth-order valence-corrected chi connectivity index (χ4v) is 3.55. The van der Waals surface area contributed by atoms with Crippen LogP contribution in [0.2, 0.25) is 0 Å². The zero-order valence-electron chi connectivity index (χ0n) is 16.0. The number of hydrogen-bond acceptors (Lipinski definition) is 4. The molecule has 5 N–H and O–H groups in total. The fraction of sp³-hybridized carbons (Fsp3) is 0.526. The number of thiazole rings is 1. The molecule has 0 saturated carbocycles. The molecule has 1 aromatic heterocycles. The van der Waals surface area contributed by atoms with Crippen LogP contribution in [-0.2, 0) is 16.0 Å². The molecule has 0 bridgehead atoms. The normalized spacial score (nSPS) is 12.6. The quantitative estimate of drug-likeness (QED) is 0.649. The summed E-state index contributed by atoms with van der Waals surface area (Å²) in [5, 5.41) is 6.51. The van der Waals surface area contributed by atoms with E-state index in [1.54, 1.807) is 11.3 Å². The van der Waals surface area contributed by atoms with Crippen LogP contribution in [0.25, 0.3) is 10.2 Å². The van der Waals surface area contributed by atoms with Crippen LogP contribution < -0.4 is 16.4 Å². The minimum absolute atomic E-state index is 0.136. The van der Waals surface area contributed by atoms with Gasteiger partial charge in [0.2, 0.25) is 11.8 Å². The molecule has 26 heavy (non-hydrogen) atoms. The number of fused-ring (bicyclic) bond motifs is 1. The lowest BCUT2D eigenvalue weighted by Crippen LogP contribution is -2.57. The van der Waals surface area contributed by atoms with Crippen LogP contribution in [0.15, 0.2) is 18.2 Å². The number of nitrogens with zero attached hydrogens (tertiary/aromatic N) is 1. The summed E-state index contributed by atoms with van der Waals surface area (Å²) < 4.78 is 1.11. The molecule has 0 unspecified atom stereocenters. The van der Waals surface area contributed by atoms with E-state index in [0.29, 0.717) is 25.4 Å². The van der Waals surface area contributed by atoms with E-state index in [4.69, 9.17) is 0 Å². The Morgan fingerprint density at radius 3 is 2.54 bits per heavy atom. The van der Waals surface area contributed by atoms with Gasteiger partial charge in [-0.05, 0) is 23.6 Å². The van der Waals surface area contributed by atoms with E-state index in [1.807, 2.05) is 19.9 Å². The third kappa shape index (κ3) is 5.25. The third-order valence-electron chi connectivity index (χ3n) is 4.14. The Hall–Kier alpha value is -1.99. The molecule has 1 aromatic carbocycles. The van der Waals surface area contributed by atoms with E-state index < -0.39 is 6.04 Å². The first kappa shape index (κ1) is 20.3. The number of amides is 2. The lowest BCUT2D eigenvalue weighted by Gasteiger charge is -2.18. The molecule has 0 fully saturated rings. The summed E-state index contributed by atoms with van der Waals surface area (Å²) in [5.74, 6) is -0.0497. The molecule has 142 valence electrons. The molecule has 2 rings (SSSR count). The predicted molar refractivity (Wildman–Crippen MR) is 105 cm³/mol. The molecular formula is C19H29N4O2S+. The Labute approximate surface area is 158 Å². The van der Waals surface area contributed by atoms with Crippen LogP contribution in [0.3, 0.4) is 0 Å². The molecule has 6 nitrogen and oxygen atoms in total. The van der Waals surface area contributed by atoms with Crippen LogP contribution >= 0.6 is 11.3 Å². The van der Waals surface area contributed by atoms with Crippen LogP contribution in [0.4, 0.5) is 0 Å². The summed E-state index contributed by atoms with van der Waals surface area (Å²) >= 11 is 1.58. The monoisotopic (exact) mass is 377 g/mol. The third-order valence-corrected chi connectivity index (χ3v) is 5.18. The van der Waals surface area contributed by atoms with Crippen molar-refractivity contribution in [3.63, 3.8) is 0 Å². The van der Waals surface area contributed by atoms with Crippen LogP contribution in [0.1, 0.15) is 44.2 Å². The maximum absolute atomic E-state index is 12.4. The van der Waals surface area contributed by atoms with Crippen molar-refractivity contribution in [3.8, 4) is 0 Å². The van der Waals surface area contributed by atoms with Gasteiger partial charge in [0.1, 0.15) is 6.04 Å². The second-order valence-electron chi connectivity index (χ2n) is 7.05. The molecule has 1 atom stereocenters. The summed E-state index contributed by atoms with van der Waals surface area (Å²) in [6.45, 7) is 9.04. The fourth-order valence-electron chi connectivity index (χ4n) is 2.49. The van der Waals surface area contributed by atoms with Crippen molar-refractivity contribution < 1.29 is 15.3 Å². The van der Waals surface area contributed by atoms with E-state index in [-0.39, 0.29) is 17.7 Å². The summed E-state index contributed by atoms with van der Waals surface area (Å²) in [7, 11) is 0. The smallest absolute Gasteiger partial charge is 0.243 e. The minimum Gasteiger partial charge on any atom is -0.356 e.